The highest BCUT2D eigenvalue weighted by atomic mass is 15.1. The normalized spacial score (nSPS) is 20.3. The van der Waals surface area contributed by atoms with E-state index in [1.165, 1.54) is 42.5 Å². The second-order valence-corrected chi connectivity index (χ2v) is 9.29. The third kappa shape index (κ3) is 4.02. The van der Waals surface area contributed by atoms with E-state index in [0.29, 0.717) is 5.92 Å². The maximum Gasteiger partial charge on any atom is 0.0461 e. The summed E-state index contributed by atoms with van der Waals surface area (Å²) in [4.78, 5) is 2.32. The molecule has 0 spiro atoms. The van der Waals surface area contributed by atoms with Gasteiger partial charge >= 0.3 is 0 Å². The quantitative estimate of drug-likeness (QED) is 0.322. The summed E-state index contributed by atoms with van der Waals surface area (Å²) in [6.45, 7) is 2.42. The summed E-state index contributed by atoms with van der Waals surface area (Å²) in [5.74, 6) is 0.583. The van der Waals surface area contributed by atoms with Crippen LogP contribution in [0.25, 0.3) is 0 Å². The van der Waals surface area contributed by atoms with Crippen LogP contribution >= 0.6 is 0 Å². The Morgan fingerprint density at radius 1 is 0.636 bits per heavy atom. The molecule has 2 heteroatoms. The van der Waals surface area contributed by atoms with Crippen molar-refractivity contribution in [2.45, 2.75) is 38.0 Å². The molecule has 1 saturated carbocycles. The van der Waals surface area contributed by atoms with E-state index >= 15 is 0 Å². The fourth-order valence-corrected chi connectivity index (χ4v) is 5.66. The number of nitrogens with zero attached hydrogens (tertiary/aromatic N) is 1. The van der Waals surface area contributed by atoms with Gasteiger partial charge in [0, 0.05) is 28.2 Å². The summed E-state index contributed by atoms with van der Waals surface area (Å²) < 4.78 is 0. The van der Waals surface area contributed by atoms with Crippen LogP contribution in [-0.4, -0.2) is 0 Å². The number of benzene rings is 4. The van der Waals surface area contributed by atoms with Gasteiger partial charge in [-0.15, -0.1) is 0 Å². The molecule has 2 unspecified atom stereocenters. The molecule has 0 heterocycles. The Balaban J connectivity index is 1.59. The lowest BCUT2D eigenvalue weighted by atomic mass is 9.60. The topological polar surface area (TPSA) is 29.3 Å². The molecule has 1 fully saturated rings. The van der Waals surface area contributed by atoms with Crippen molar-refractivity contribution in [1.29, 1.82) is 0 Å². The van der Waals surface area contributed by atoms with Gasteiger partial charge in [0.25, 0.3) is 0 Å². The van der Waals surface area contributed by atoms with Gasteiger partial charge in [0.15, 0.2) is 0 Å². The van der Waals surface area contributed by atoms with Crippen molar-refractivity contribution >= 4 is 22.7 Å². The number of anilines is 4. The highest BCUT2D eigenvalue weighted by molar-refractivity contribution is 5.76. The number of rotatable bonds is 5. The zero-order chi connectivity index (χ0) is 22.7. The van der Waals surface area contributed by atoms with Crippen molar-refractivity contribution < 1.29 is 0 Å². The predicted molar refractivity (Wildman–Crippen MR) is 140 cm³/mol. The summed E-state index contributed by atoms with van der Waals surface area (Å²) in [6.07, 6.45) is 5.01. The van der Waals surface area contributed by atoms with Crippen LogP contribution in [-0.2, 0) is 5.41 Å². The third-order valence-electron chi connectivity index (χ3n) is 7.39. The average molecular weight is 433 g/mol. The molecule has 0 amide bonds. The molecule has 166 valence electrons. The maximum absolute atomic E-state index is 6.03. The summed E-state index contributed by atoms with van der Waals surface area (Å²) in [7, 11) is 0. The Labute approximate surface area is 197 Å². The van der Waals surface area contributed by atoms with Crippen LogP contribution < -0.4 is 10.6 Å². The van der Waals surface area contributed by atoms with Gasteiger partial charge in [-0.05, 0) is 78.4 Å². The van der Waals surface area contributed by atoms with Gasteiger partial charge in [0.1, 0.15) is 0 Å². The molecule has 1 aliphatic carbocycles. The second kappa shape index (κ2) is 9.15. The fraction of sp³-hybridized carbons (Fsp3) is 0.226. The molecule has 4 aromatic rings. The molecule has 33 heavy (non-hydrogen) atoms. The number of hydrogen-bond acceptors (Lipinski definition) is 2. The van der Waals surface area contributed by atoms with Crippen LogP contribution in [0, 0.1) is 5.92 Å². The predicted octanol–water partition coefficient (Wildman–Crippen LogP) is 8.23. The highest BCUT2D eigenvalue weighted by Gasteiger charge is 2.41. The Hall–Kier alpha value is -3.52. The minimum Gasteiger partial charge on any atom is -0.399 e. The molecule has 0 bridgehead atoms. The number of hydrogen-bond donors (Lipinski definition) is 1. The van der Waals surface area contributed by atoms with Crippen LogP contribution in [0.4, 0.5) is 22.7 Å². The molecule has 0 aromatic heterocycles. The van der Waals surface area contributed by atoms with E-state index in [1.54, 1.807) is 0 Å². The Morgan fingerprint density at radius 3 is 1.64 bits per heavy atom. The van der Waals surface area contributed by atoms with E-state index in [0.717, 1.165) is 17.1 Å². The highest BCUT2D eigenvalue weighted by Crippen LogP contribution is 2.49. The summed E-state index contributed by atoms with van der Waals surface area (Å²) in [5.41, 5.74) is 13.2. The number of nitrogen functional groups attached to an aromatic ring is 1. The first-order chi connectivity index (χ1) is 16.2. The standard InChI is InChI=1S/C31H32N2/c1-24-10-8-9-23-31(24,25-15-19-27(32)20-16-25)26-17-21-30(22-18-26)33(28-11-4-2-5-12-28)29-13-6-3-7-14-29/h2-7,11-22,24H,8-10,23,32H2,1H3. The minimum absolute atomic E-state index is 0.0365. The molecular weight excluding hydrogens is 400 g/mol. The number of para-hydroxylation sites is 2. The van der Waals surface area contributed by atoms with Crippen molar-refractivity contribution in [2.75, 3.05) is 10.6 Å². The Kier molecular flexibility index (Phi) is 5.92. The Bertz CT molecular complexity index is 1130. The van der Waals surface area contributed by atoms with Gasteiger partial charge in [-0.1, -0.05) is 80.4 Å². The lowest BCUT2D eigenvalue weighted by molar-refractivity contribution is 0.244. The van der Waals surface area contributed by atoms with E-state index in [2.05, 4.69) is 121 Å². The fourth-order valence-electron chi connectivity index (χ4n) is 5.66. The van der Waals surface area contributed by atoms with Crippen molar-refractivity contribution in [1.82, 2.24) is 0 Å². The molecule has 0 saturated heterocycles. The van der Waals surface area contributed by atoms with Gasteiger partial charge in [-0.3, -0.25) is 0 Å². The third-order valence-corrected chi connectivity index (χ3v) is 7.39. The average Bonchev–Trinajstić information content (AvgIpc) is 2.87. The van der Waals surface area contributed by atoms with E-state index in [-0.39, 0.29) is 5.41 Å². The van der Waals surface area contributed by atoms with Crippen LogP contribution in [0.3, 0.4) is 0 Å². The lowest BCUT2D eigenvalue weighted by Crippen LogP contribution is -2.37. The summed E-state index contributed by atoms with van der Waals surface area (Å²) >= 11 is 0. The van der Waals surface area contributed by atoms with E-state index < -0.39 is 0 Å². The molecule has 2 atom stereocenters. The largest absolute Gasteiger partial charge is 0.399 e. The minimum atomic E-state index is 0.0365. The number of nitrogens with two attached hydrogens (primary N) is 1. The van der Waals surface area contributed by atoms with E-state index in [4.69, 9.17) is 5.73 Å². The molecule has 5 rings (SSSR count). The van der Waals surface area contributed by atoms with Gasteiger partial charge in [-0.2, -0.15) is 0 Å². The monoisotopic (exact) mass is 432 g/mol. The van der Waals surface area contributed by atoms with Gasteiger partial charge in [0.2, 0.25) is 0 Å². The molecular formula is C31H32N2. The van der Waals surface area contributed by atoms with Crippen molar-refractivity contribution in [2.24, 2.45) is 5.92 Å². The first-order valence-electron chi connectivity index (χ1n) is 12.1. The van der Waals surface area contributed by atoms with E-state index in [1.807, 2.05) is 0 Å². The first kappa shape index (κ1) is 21.3. The SMILES string of the molecule is CC1CCCCC1(c1ccc(N)cc1)c1ccc(N(c2ccccc2)c2ccccc2)cc1. The second-order valence-electron chi connectivity index (χ2n) is 9.29. The lowest BCUT2D eigenvalue weighted by Gasteiger charge is -2.44. The Morgan fingerprint density at radius 2 is 1.12 bits per heavy atom. The smallest absolute Gasteiger partial charge is 0.0461 e. The molecule has 2 N–H and O–H groups in total. The van der Waals surface area contributed by atoms with Gasteiger partial charge in [-0.25, -0.2) is 0 Å². The van der Waals surface area contributed by atoms with Gasteiger partial charge < -0.3 is 10.6 Å². The first-order valence-corrected chi connectivity index (χ1v) is 12.1. The van der Waals surface area contributed by atoms with E-state index in [9.17, 15) is 0 Å². The molecule has 1 aliphatic rings. The van der Waals surface area contributed by atoms with Crippen molar-refractivity contribution in [3.05, 3.63) is 120 Å². The zero-order valence-corrected chi connectivity index (χ0v) is 19.3. The van der Waals surface area contributed by atoms with Crippen LogP contribution in [0.5, 0.6) is 0 Å². The molecule has 4 aromatic carbocycles. The summed E-state index contributed by atoms with van der Waals surface area (Å²) in [6, 6.07) is 39.1. The van der Waals surface area contributed by atoms with Crippen LogP contribution in [0.1, 0.15) is 43.7 Å². The van der Waals surface area contributed by atoms with Crippen molar-refractivity contribution in [3.8, 4) is 0 Å². The molecule has 0 aliphatic heterocycles. The molecule has 2 nitrogen and oxygen atoms in total. The van der Waals surface area contributed by atoms with Crippen LogP contribution in [0.15, 0.2) is 109 Å². The summed E-state index contributed by atoms with van der Waals surface area (Å²) in [5, 5.41) is 0. The van der Waals surface area contributed by atoms with Crippen LogP contribution in [0.2, 0.25) is 0 Å². The maximum atomic E-state index is 6.03. The van der Waals surface area contributed by atoms with Gasteiger partial charge in [0.05, 0.1) is 0 Å². The molecule has 0 radical (unpaired) electrons. The zero-order valence-electron chi connectivity index (χ0n) is 19.3. The van der Waals surface area contributed by atoms with Crippen molar-refractivity contribution in [3.63, 3.8) is 0 Å².